The molecule has 3 N–H and O–H groups in total. The van der Waals surface area contributed by atoms with Crippen molar-refractivity contribution in [2.75, 3.05) is 18.0 Å². The summed E-state index contributed by atoms with van der Waals surface area (Å²) in [7, 11) is 0. The minimum atomic E-state index is -0.436. The minimum absolute atomic E-state index is 0.0722. The Balaban J connectivity index is 1.40. The number of halogens is 2. The van der Waals surface area contributed by atoms with Gasteiger partial charge in [0.25, 0.3) is 5.91 Å². The third-order valence-electron chi connectivity index (χ3n) is 6.92. The quantitative estimate of drug-likeness (QED) is 0.344. The van der Waals surface area contributed by atoms with E-state index in [9.17, 15) is 4.79 Å². The minimum Gasteiger partial charge on any atom is -0.369 e. The number of hydrogen-bond donors (Lipinski definition) is 2. The number of rotatable bonds is 5. The van der Waals surface area contributed by atoms with Crippen LogP contribution in [0.1, 0.15) is 28.8 Å². The van der Waals surface area contributed by atoms with E-state index in [1.54, 1.807) is 30.9 Å². The fourth-order valence-electron chi connectivity index (χ4n) is 5.07. The monoisotopic (exact) mass is 529 g/mol. The van der Waals surface area contributed by atoms with Gasteiger partial charge < -0.3 is 16.0 Å². The molecule has 0 unspecified atom stereocenters. The Morgan fingerprint density at radius 3 is 2.87 bits per heavy atom. The van der Waals surface area contributed by atoms with Gasteiger partial charge in [-0.1, -0.05) is 6.07 Å². The number of aromatic nitrogens is 4. The molecule has 192 valence electrons. The molecule has 0 aliphatic carbocycles. The molecule has 1 fully saturated rings. The zero-order valence-electron chi connectivity index (χ0n) is 20.4. The van der Waals surface area contributed by atoms with Crippen molar-refractivity contribution in [3.05, 3.63) is 84.3 Å². The van der Waals surface area contributed by atoms with Crippen LogP contribution in [0.25, 0.3) is 33.1 Å². The van der Waals surface area contributed by atoms with Crippen LogP contribution in [0.15, 0.2) is 67.4 Å². The molecule has 10 heteroatoms. The van der Waals surface area contributed by atoms with E-state index in [0.717, 1.165) is 30.6 Å². The van der Waals surface area contributed by atoms with Crippen LogP contribution in [0.3, 0.4) is 0 Å². The summed E-state index contributed by atoms with van der Waals surface area (Å²) in [6.45, 7) is 1.88. The van der Waals surface area contributed by atoms with Gasteiger partial charge in [0.05, 0.1) is 5.56 Å². The first-order valence-electron chi connectivity index (χ1n) is 12.4. The highest BCUT2D eigenvalue weighted by Gasteiger charge is 2.21. The van der Waals surface area contributed by atoms with Crippen LogP contribution in [-0.4, -0.2) is 44.1 Å². The van der Waals surface area contributed by atoms with E-state index in [1.807, 2.05) is 24.3 Å². The second-order valence-corrected chi connectivity index (χ2v) is 9.89. The van der Waals surface area contributed by atoms with Crippen molar-refractivity contribution in [2.24, 2.45) is 5.73 Å². The molecule has 1 aliphatic rings. The number of hydrogen-bond acceptors (Lipinski definition) is 6. The van der Waals surface area contributed by atoms with Crippen LogP contribution in [-0.2, 0) is 6.54 Å². The van der Waals surface area contributed by atoms with E-state index in [-0.39, 0.29) is 11.9 Å². The lowest BCUT2D eigenvalue weighted by molar-refractivity contribution is 0.0950. The first-order chi connectivity index (χ1) is 18.5. The Labute approximate surface area is 223 Å². The first-order valence-corrected chi connectivity index (χ1v) is 12.8. The standard InChI is InChI=1S/C28H25ClFN7O/c29-37-16-23(21-10-19(14-34-27(21)37)28(38)35-13-17-3-1-6-32-12-17)18-9-22-25(36-8-2-4-20(31)15-36)5-7-33-26(22)24(30)11-18/h1,3,5-7,9-12,14,16,20H,2,4,8,13,15,31H2,(H,35,38)/t20-/m1/s1. The average Bonchev–Trinajstić information content (AvgIpc) is 3.27. The normalized spacial score (nSPS) is 15.8. The molecule has 6 rings (SSSR count). The van der Waals surface area contributed by atoms with E-state index in [4.69, 9.17) is 17.5 Å². The Hall–Kier alpha value is -4.08. The smallest absolute Gasteiger partial charge is 0.253 e. The lowest BCUT2D eigenvalue weighted by atomic mass is 10.00. The van der Waals surface area contributed by atoms with Crippen LogP contribution >= 0.6 is 11.8 Å². The number of fused-ring (bicyclic) bond motifs is 2. The number of nitrogens with zero attached hydrogens (tertiary/aromatic N) is 5. The molecule has 1 saturated heterocycles. The molecule has 38 heavy (non-hydrogen) atoms. The summed E-state index contributed by atoms with van der Waals surface area (Å²) in [6.07, 6.45) is 10.1. The summed E-state index contributed by atoms with van der Waals surface area (Å²) < 4.78 is 16.8. The molecule has 1 aliphatic heterocycles. The molecule has 0 spiro atoms. The van der Waals surface area contributed by atoms with Crippen molar-refractivity contribution in [3.8, 4) is 11.1 Å². The molecule has 4 aromatic heterocycles. The van der Waals surface area contributed by atoms with Gasteiger partial charge in [0.1, 0.15) is 11.3 Å². The highest BCUT2D eigenvalue weighted by Crippen LogP contribution is 2.36. The number of carbonyl (C=O) groups is 1. The van der Waals surface area contributed by atoms with Crippen molar-refractivity contribution >= 4 is 45.3 Å². The van der Waals surface area contributed by atoms with E-state index in [0.29, 0.717) is 51.7 Å². The van der Waals surface area contributed by atoms with E-state index >= 15 is 4.39 Å². The first kappa shape index (κ1) is 24.3. The predicted octanol–water partition coefficient (Wildman–Crippen LogP) is 4.65. The second kappa shape index (κ2) is 10.00. The van der Waals surface area contributed by atoms with E-state index in [1.165, 1.54) is 16.3 Å². The van der Waals surface area contributed by atoms with Crippen molar-refractivity contribution in [3.63, 3.8) is 0 Å². The number of amides is 1. The molecular formula is C28H25ClFN7O. The Bertz CT molecular complexity index is 1660. The number of nitrogens with two attached hydrogens (primary N) is 1. The highest BCUT2D eigenvalue weighted by molar-refractivity contribution is 6.20. The molecular weight excluding hydrogens is 505 g/mol. The average molecular weight is 530 g/mol. The van der Waals surface area contributed by atoms with Gasteiger partial charge in [0.15, 0.2) is 5.65 Å². The number of carbonyl (C=O) groups excluding carboxylic acids is 1. The van der Waals surface area contributed by atoms with Crippen LogP contribution in [0.4, 0.5) is 10.1 Å². The summed E-state index contributed by atoms with van der Waals surface area (Å²) in [6, 6.07) is 10.8. The summed E-state index contributed by atoms with van der Waals surface area (Å²) in [5, 5.41) is 4.22. The molecule has 0 saturated carbocycles. The van der Waals surface area contributed by atoms with Gasteiger partial charge >= 0.3 is 0 Å². The van der Waals surface area contributed by atoms with Gasteiger partial charge in [-0.3, -0.25) is 14.8 Å². The molecule has 5 heterocycles. The Morgan fingerprint density at radius 1 is 1.16 bits per heavy atom. The number of benzene rings is 1. The Morgan fingerprint density at radius 2 is 2.05 bits per heavy atom. The molecule has 8 nitrogen and oxygen atoms in total. The third-order valence-corrected chi connectivity index (χ3v) is 7.18. The maximum absolute atomic E-state index is 15.4. The number of pyridine rings is 3. The largest absolute Gasteiger partial charge is 0.369 e. The number of anilines is 1. The zero-order chi connectivity index (χ0) is 26.2. The zero-order valence-corrected chi connectivity index (χ0v) is 21.2. The molecule has 0 bridgehead atoms. The van der Waals surface area contributed by atoms with Gasteiger partial charge in [0.2, 0.25) is 0 Å². The van der Waals surface area contributed by atoms with Crippen molar-refractivity contribution < 1.29 is 9.18 Å². The van der Waals surface area contributed by atoms with Gasteiger partial charge in [0, 0.05) is 90.5 Å². The van der Waals surface area contributed by atoms with Crippen LogP contribution in [0.2, 0.25) is 0 Å². The van der Waals surface area contributed by atoms with Gasteiger partial charge in [-0.05, 0) is 54.3 Å². The van der Waals surface area contributed by atoms with Crippen molar-refractivity contribution in [2.45, 2.75) is 25.4 Å². The molecule has 0 radical (unpaired) electrons. The molecule has 1 atom stereocenters. The predicted molar refractivity (Wildman–Crippen MR) is 147 cm³/mol. The maximum Gasteiger partial charge on any atom is 0.253 e. The fourth-order valence-corrected chi connectivity index (χ4v) is 5.30. The lowest BCUT2D eigenvalue weighted by Gasteiger charge is -2.33. The number of piperidine rings is 1. The van der Waals surface area contributed by atoms with E-state index < -0.39 is 5.82 Å². The lowest BCUT2D eigenvalue weighted by Crippen LogP contribution is -2.42. The highest BCUT2D eigenvalue weighted by atomic mass is 35.5. The topological polar surface area (TPSA) is 102 Å². The second-order valence-electron chi connectivity index (χ2n) is 9.53. The van der Waals surface area contributed by atoms with Gasteiger partial charge in [-0.25, -0.2) is 13.5 Å². The summed E-state index contributed by atoms with van der Waals surface area (Å²) in [5.74, 6) is -0.719. The summed E-state index contributed by atoms with van der Waals surface area (Å²) >= 11 is 6.45. The molecule has 1 amide bonds. The van der Waals surface area contributed by atoms with Crippen molar-refractivity contribution in [1.82, 2.24) is 24.4 Å². The number of nitrogens with one attached hydrogen (secondary N) is 1. The summed E-state index contributed by atoms with van der Waals surface area (Å²) in [4.78, 5) is 27.9. The van der Waals surface area contributed by atoms with Crippen LogP contribution in [0, 0.1) is 5.82 Å². The molecule has 5 aromatic rings. The maximum atomic E-state index is 15.4. The summed E-state index contributed by atoms with van der Waals surface area (Å²) in [5.41, 5.74) is 10.4. The van der Waals surface area contributed by atoms with Crippen LogP contribution in [0.5, 0.6) is 0 Å². The van der Waals surface area contributed by atoms with Gasteiger partial charge in [-0.15, -0.1) is 0 Å². The van der Waals surface area contributed by atoms with Crippen LogP contribution < -0.4 is 16.0 Å². The van der Waals surface area contributed by atoms with Gasteiger partial charge in [-0.2, -0.15) is 0 Å². The fraction of sp³-hybridized carbons (Fsp3) is 0.214. The molecule has 1 aromatic carbocycles. The Kier molecular flexibility index (Phi) is 6.39. The SMILES string of the molecule is N[C@@H]1CCCN(c2ccnc3c(F)cc(-c4cn(Cl)c5ncc(C(=O)NCc6cccnc6)cc45)cc23)C1. The third kappa shape index (κ3) is 4.55. The van der Waals surface area contributed by atoms with E-state index in [2.05, 4.69) is 25.2 Å². The van der Waals surface area contributed by atoms with Crippen molar-refractivity contribution in [1.29, 1.82) is 0 Å².